The molecule has 61 heavy (non-hydrogen) atoms. The number of aromatic nitrogens is 1. The van der Waals surface area contributed by atoms with Gasteiger partial charge >= 0.3 is 17.1 Å². The van der Waals surface area contributed by atoms with Gasteiger partial charge in [-0.25, -0.2) is 4.99 Å². The molecular formula is C48H30MnN4O8-5. The molecule has 4 aliphatic heterocycles. The summed E-state index contributed by atoms with van der Waals surface area (Å²) < 4.78 is 0. The molecule has 0 spiro atoms. The first kappa shape index (κ1) is 40.4. The van der Waals surface area contributed by atoms with E-state index in [0.717, 1.165) is 11.1 Å². The Balaban J connectivity index is 0.00000514. The van der Waals surface area contributed by atoms with Crippen LogP contribution in [-0.2, 0) is 17.1 Å². The normalized spacial score (nSPS) is 21.6. The maximum absolute atomic E-state index is 11.7. The van der Waals surface area contributed by atoms with E-state index in [2.05, 4.69) is 0 Å². The zero-order valence-electron chi connectivity index (χ0n) is 32.0. The van der Waals surface area contributed by atoms with E-state index in [1.807, 2.05) is 24.3 Å². The first-order valence-corrected chi connectivity index (χ1v) is 19.2. The third-order valence-electron chi connectivity index (χ3n) is 11.2. The number of carbonyl (C=O) groups excluding carboxylic acids is 3. The molecule has 0 radical (unpaired) electrons. The van der Waals surface area contributed by atoms with Gasteiger partial charge in [-0.3, -0.25) is 0 Å². The van der Waals surface area contributed by atoms with Crippen LogP contribution in [0, 0.1) is 0 Å². The summed E-state index contributed by atoms with van der Waals surface area (Å²) in [5.74, 6) is -5.23. The first-order valence-electron chi connectivity index (χ1n) is 19.2. The van der Waals surface area contributed by atoms with Gasteiger partial charge in [0.25, 0.3) is 0 Å². The zero-order chi connectivity index (χ0) is 41.7. The number of fused-ring (bicyclic) bond motifs is 7. The van der Waals surface area contributed by atoms with Crippen molar-refractivity contribution in [2.75, 3.05) is 0 Å². The second kappa shape index (κ2) is 16.4. The Morgan fingerprint density at radius 1 is 0.525 bits per heavy atom. The van der Waals surface area contributed by atoms with Gasteiger partial charge in [0.15, 0.2) is 0 Å². The Kier molecular flexibility index (Phi) is 10.9. The fourth-order valence-electron chi connectivity index (χ4n) is 8.35. The molecule has 0 saturated carbocycles. The van der Waals surface area contributed by atoms with Crippen LogP contribution in [0.4, 0.5) is 0 Å². The molecule has 2 saturated heterocycles. The van der Waals surface area contributed by atoms with Crippen LogP contribution in [0.25, 0.3) is 38.9 Å². The summed E-state index contributed by atoms with van der Waals surface area (Å²) in [7, 11) is 0. The Morgan fingerprint density at radius 2 is 0.967 bits per heavy atom. The van der Waals surface area contributed by atoms with Crippen molar-refractivity contribution in [3.05, 3.63) is 204 Å². The average molecular weight is 846 g/mol. The monoisotopic (exact) mass is 845 g/mol. The number of aromatic carboxylic acids is 3. The van der Waals surface area contributed by atoms with Crippen LogP contribution in [0.5, 0.6) is 0 Å². The van der Waals surface area contributed by atoms with E-state index in [1.54, 1.807) is 48.5 Å². The van der Waals surface area contributed by atoms with Crippen LogP contribution in [0.15, 0.2) is 143 Å². The van der Waals surface area contributed by atoms with E-state index in [0.29, 0.717) is 92.9 Å². The average Bonchev–Trinajstić information content (AvgIpc) is 4.10. The smallest absolute Gasteiger partial charge is 0.884 e. The standard InChI is InChI=1S/C48H35N4O8.Mn/c53-45(54)29-9-1-25(2-10-29)41-33-17-19-35(49-33)42(26-3-11-30(12-4-26)46(55)56)37-21-23-39(51-37)44(28-7-15-32(16-8-28)48(59)60)40-24-22-38(52-40)43(36-20-18-34(41)50-36)27-5-13-31(14-6-27)47(57)58;/h1-17,19,22,24,34,37H,18,20-21,23H2,(H,53,54)(H,57,58)(H,59,60)(H2,49,55,56);/q-3;+3/p-5/b41-33-,43-36-,44-39-;. The summed E-state index contributed by atoms with van der Waals surface area (Å²) in [4.78, 5) is 45.6. The SMILES string of the molecule is O=C([O-])c1ccc(/C2=C3\CCC([N-]3)C(=c3ccc(=C([O-])[O-])cc3)C3=N/C(=C(/c4ccc(C(=O)[O-])cc4)C4CC/C(=C(\c5ccc(C(=O)[O-])cc5)c5ccc2[n-]5)[N-]4)C=C3)cc1.[Mn+3]. The van der Waals surface area contributed by atoms with Crippen LogP contribution >= 0.6 is 0 Å². The number of aliphatic imine (C=N–C) groups is 1. The van der Waals surface area contributed by atoms with E-state index in [4.69, 9.17) is 20.6 Å². The van der Waals surface area contributed by atoms with Crippen molar-refractivity contribution in [1.82, 2.24) is 4.98 Å². The van der Waals surface area contributed by atoms with Gasteiger partial charge in [0, 0.05) is 0 Å². The molecule has 0 amide bonds. The minimum Gasteiger partial charge on any atom is -0.884 e. The summed E-state index contributed by atoms with van der Waals surface area (Å²) in [5.41, 5.74) is 8.80. The zero-order valence-corrected chi connectivity index (χ0v) is 33.1. The van der Waals surface area contributed by atoms with Crippen molar-refractivity contribution in [2.45, 2.75) is 37.8 Å². The topological polar surface area (TPSA) is 221 Å². The van der Waals surface area contributed by atoms with Crippen molar-refractivity contribution in [1.29, 1.82) is 0 Å². The quantitative estimate of drug-likeness (QED) is 0.225. The number of carbonyl (C=O) groups is 3. The van der Waals surface area contributed by atoms with Gasteiger partial charge in [0.05, 0.1) is 29.3 Å². The van der Waals surface area contributed by atoms with Gasteiger partial charge in [-0.1, -0.05) is 145 Å². The number of benzene rings is 4. The van der Waals surface area contributed by atoms with Crippen LogP contribution in [0.2, 0.25) is 0 Å². The van der Waals surface area contributed by atoms with Gasteiger partial charge in [0.2, 0.25) is 0 Å². The minimum atomic E-state index is -1.31. The number of nitrogens with zero attached hydrogens (tertiary/aromatic N) is 4. The summed E-state index contributed by atoms with van der Waals surface area (Å²) in [6.07, 6.45) is 5.92. The van der Waals surface area contributed by atoms with E-state index < -0.39 is 35.9 Å². The van der Waals surface area contributed by atoms with Crippen LogP contribution in [-0.4, -0.2) is 35.7 Å². The van der Waals surface area contributed by atoms with E-state index in [9.17, 15) is 39.9 Å². The van der Waals surface area contributed by atoms with Crippen LogP contribution in [0.3, 0.4) is 0 Å². The van der Waals surface area contributed by atoms with Crippen molar-refractivity contribution >= 4 is 51.9 Å². The van der Waals surface area contributed by atoms with Gasteiger partial charge in [-0.05, 0) is 80.0 Å². The number of carboxylic acids is 3. The Bertz CT molecular complexity index is 2890. The second-order valence-electron chi connectivity index (χ2n) is 14.7. The number of rotatable bonds is 6. The van der Waals surface area contributed by atoms with Crippen molar-refractivity contribution in [2.24, 2.45) is 4.99 Å². The molecule has 302 valence electrons. The molecule has 4 aromatic carbocycles. The number of allylic oxidation sites excluding steroid dienone is 4. The maximum atomic E-state index is 11.7. The predicted octanol–water partition coefficient (Wildman–Crippen LogP) is 1.40. The molecule has 5 heterocycles. The molecule has 9 rings (SSSR count). The van der Waals surface area contributed by atoms with Gasteiger partial charge in [-0.2, -0.15) is 17.3 Å². The molecule has 13 heteroatoms. The van der Waals surface area contributed by atoms with E-state index in [-0.39, 0.29) is 39.0 Å². The Morgan fingerprint density at radius 3 is 1.41 bits per heavy atom. The number of hydrogen-bond donors (Lipinski definition) is 0. The molecule has 2 unspecified atom stereocenters. The van der Waals surface area contributed by atoms with Crippen molar-refractivity contribution in [3.8, 4) is 0 Å². The predicted molar refractivity (Wildman–Crippen MR) is 213 cm³/mol. The summed E-state index contributed by atoms with van der Waals surface area (Å²) in [5, 5.41) is 70.0. The van der Waals surface area contributed by atoms with E-state index in [1.165, 1.54) is 48.5 Å². The molecule has 5 aromatic rings. The molecule has 0 N–H and O–H groups in total. The molecule has 8 bridgehead atoms. The van der Waals surface area contributed by atoms with E-state index >= 15 is 0 Å². The summed E-state index contributed by atoms with van der Waals surface area (Å²) >= 11 is 0. The second-order valence-corrected chi connectivity index (χ2v) is 14.7. The van der Waals surface area contributed by atoms with Gasteiger partial charge in [0.1, 0.15) is 0 Å². The van der Waals surface area contributed by atoms with Gasteiger partial charge < -0.3 is 55.5 Å². The number of carboxylic acid groups (broad SMARTS) is 3. The maximum Gasteiger partial charge on any atom is 3.00 e. The van der Waals surface area contributed by atoms with Crippen molar-refractivity contribution in [3.63, 3.8) is 0 Å². The Hall–Kier alpha value is -7.34. The summed E-state index contributed by atoms with van der Waals surface area (Å²) in [6, 6.07) is 28.3. The minimum absolute atomic E-state index is 0. The molecular weight excluding hydrogens is 815 g/mol. The van der Waals surface area contributed by atoms with Crippen LogP contribution in [0.1, 0.15) is 84.8 Å². The summed E-state index contributed by atoms with van der Waals surface area (Å²) in [6.45, 7) is 0. The molecule has 2 fully saturated rings. The molecule has 12 nitrogen and oxygen atoms in total. The molecule has 1 aromatic heterocycles. The molecule has 4 aliphatic rings. The third kappa shape index (κ3) is 7.68. The molecule has 0 aliphatic carbocycles. The Labute approximate surface area is 359 Å². The largest absolute Gasteiger partial charge is 3.00 e. The molecule has 2 atom stereocenters. The number of hydrogen-bond acceptors (Lipinski definition) is 9. The van der Waals surface area contributed by atoms with Crippen LogP contribution < -0.4 is 41.0 Å². The van der Waals surface area contributed by atoms with Gasteiger partial charge in [-0.15, -0.1) is 11.4 Å². The fraction of sp³-hybridized carbons (Fsp3) is 0.125. The first-order chi connectivity index (χ1) is 29.0. The fourth-order valence-corrected chi connectivity index (χ4v) is 8.35. The third-order valence-corrected chi connectivity index (χ3v) is 11.2. The van der Waals surface area contributed by atoms with Crippen molar-refractivity contribution < 1.29 is 57.0 Å².